The van der Waals surface area contributed by atoms with Gasteiger partial charge in [0.1, 0.15) is 28.8 Å². The number of carbonyl (C=O) groups is 2. The predicted octanol–water partition coefficient (Wildman–Crippen LogP) is 5.24. The smallest absolute Gasteiger partial charge is 0.408 e. The van der Waals surface area contributed by atoms with Gasteiger partial charge in [-0.05, 0) is 81.5 Å². The number of carbonyl (C=O) groups excluding carboxylic acids is 2. The van der Waals surface area contributed by atoms with Crippen LogP contribution in [0.1, 0.15) is 41.6 Å². The van der Waals surface area contributed by atoms with Gasteiger partial charge in [-0.3, -0.25) is 14.5 Å². The standard InChI is InChI=1S/C31H35BClF3N6O3/c1-32(45)40-28-14-19(4-9-37-28)18-41-10-5-20(6-11-41)31(44)42-12-7-23(8-13-42)38-26-3-2-21(33)15-27(26)39-30(43)29-24(35)16-22(34)17-25(29)36/h2-4,9,14-17,20,23,38,45H,5-8,10-13,18H2,1H3,(H,37,40)(H,39,43). The highest BCUT2D eigenvalue weighted by Crippen LogP contribution is 2.30. The Balaban J connectivity index is 1.11. The zero-order valence-corrected chi connectivity index (χ0v) is 25.6. The van der Waals surface area contributed by atoms with Crippen molar-refractivity contribution in [3.05, 3.63) is 82.3 Å². The molecule has 238 valence electrons. The van der Waals surface area contributed by atoms with E-state index < -0.39 is 36.0 Å². The molecule has 0 atom stereocenters. The van der Waals surface area contributed by atoms with Crippen molar-refractivity contribution in [3.63, 3.8) is 0 Å². The van der Waals surface area contributed by atoms with Crippen molar-refractivity contribution >= 4 is 47.7 Å². The number of rotatable bonds is 9. The van der Waals surface area contributed by atoms with Gasteiger partial charge in [0.05, 0.1) is 11.4 Å². The van der Waals surface area contributed by atoms with E-state index in [1.165, 1.54) is 6.07 Å². The summed E-state index contributed by atoms with van der Waals surface area (Å²) in [4.78, 5) is 34.5. The minimum atomic E-state index is -1.31. The maximum absolute atomic E-state index is 14.2. The number of piperidine rings is 2. The van der Waals surface area contributed by atoms with Crippen LogP contribution < -0.4 is 15.9 Å². The van der Waals surface area contributed by atoms with Gasteiger partial charge in [0.2, 0.25) is 5.91 Å². The molecule has 2 fully saturated rings. The van der Waals surface area contributed by atoms with Crippen LogP contribution in [0.2, 0.25) is 11.8 Å². The van der Waals surface area contributed by atoms with Crippen molar-refractivity contribution in [1.29, 1.82) is 0 Å². The molecule has 45 heavy (non-hydrogen) atoms. The van der Waals surface area contributed by atoms with Gasteiger partial charge < -0.3 is 25.8 Å². The molecule has 2 aliphatic heterocycles. The summed E-state index contributed by atoms with van der Waals surface area (Å²) in [6, 6.07) is 9.52. The Morgan fingerprint density at radius 1 is 0.978 bits per heavy atom. The van der Waals surface area contributed by atoms with Crippen LogP contribution in [-0.2, 0) is 11.3 Å². The number of likely N-dealkylation sites (tertiary alicyclic amines) is 2. The first-order chi connectivity index (χ1) is 21.5. The van der Waals surface area contributed by atoms with Crippen LogP contribution in [0.4, 0.5) is 30.4 Å². The quantitative estimate of drug-likeness (QED) is 0.236. The van der Waals surface area contributed by atoms with Crippen LogP contribution in [0, 0.1) is 23.4 Å². The number of pyridine rings is 1. The Kier molecular flexibility index (Phi) is 10.5. The van der Waals surface area contributed by atoms with Crippen LogP contribution in [0.15, 0.2) is 48.7 Å². The number of amides is 2. The number of hydrogen-bond acceptors (Lipinski definition) is 7. The molecular formula is C31H35BClF3N6O3. The predicted molar refractivity (Wildman–Crippen MR) is 169 cm³/mol. The zero-order chi connectivity index (χ0) is 32.1. The lowest BCUT2D eigenvalue weighted by Gasteiger charge is -2.37. The van der Waals surface area contributed by atoms with E-state index in [1.54, 1.807) is 25.2 Å². The maximum atomic E-state index is 14.2. The normalized spacial score (nSPS) is 16.4. The number of nitrogens with one attached hydrogen (secondary N) is 3. The highest BCUT2D eigenvalue weighted by atomic mass is 35.5. The molecule has 5 rings (SSSR count). The Morgan fingerprint density at radius 2 is 1.67 bits per heavy atom. The zero-order valence-electron chi connectivity index (χ0n) is 24.8. The van der Waals surface area contributed by atoms with Crippen LogP contribution in [0.3, 0.4) is 0 Å². The van der Waals surface area contributed by atoms with Crippen molar-refractivity contribution < 1.29 is 27.8 Å². The highest BCUT2D eigenvalue weighted by molar-refractivity contribution is 6.52. The molecular weight excluding hydrogens is 608 g/mol. The molecule has 9 nitrogen and oxygen atoms in total. The number of halogens is 4. The maximum Gasteiger partial charge on any atom is 0.408 e. The summed E-state index contributed by atoms with van der Waals surface area (Å²) in [5, 5.41) is 18.6. The highest BCUT2D eigenvalue weighted by Gasteiger charge is 2.31. The fraction of sp³-hybridized carbons (Fsp3) is 0.387. The fourth-order valence-electron chi connectivity index (χ4n) is 5.87. The van der Waals surface area contributed by atoms with E-state index in [0.29, 0.717) is 54.6 Å². The van der Waals surface area contributed by atoms with Crippen molar-refractivity contribution in [2.75, 3.05) is 42.0 Å². The molecule has 0 bridgehead atoms. The van der Waals surface area contributed by atoms with Crippen LogP contribution in [0.25, 0.3) is 0 Å². The van der Waals surface area contributed by atoms with E-state index in [9.17, 15) is 27.8 Å². The number of anilines is 3. The molecule has 0 radical (unpaired) electrons. The summed E-state index contributed by atoms with van der Waals surface area (Å²) in [7, 11) is -0.689. The second-order valence-corrected chi connectivity index (χ2v) is 12.0. The summed E-state index contributed by atoms with van der Waals surface area (Å²) in [5.41, 5.74) is 0.932. The largest absolute Gasteiger partial charge is 0.433 e. The monoisotopic (exact) mass is 642 g/mol. The van der Waals surface area contributed by atoms with E-state index in [0.717, 1.165) is 38.0 Å². The van der Waals surface area contributed by atoms with Crippen molar-refractivity contribution in [1.82, 2.24) is 14.8 Å². The Hall–Kier alpha value is -3.81. The molecule has 2 aliphatic rings. The van der Waals surface area contributed by atoms with Gasteiger partial charge in [-0.1, -0.05) is 11.6 Å². The van der Waals surface area contributed by atoms with Gasteiger partial charge in [0.25, 0.3) is 5.91 Å². The van der Waals surface area contributed by atoms with Gasteiger partial charge in [-0.2, -0.15) is 0 Å². The number of benzene rings is 2. The topological polar surface area (TPSA) is 110 Å². The van der Waals surface area contributed by atoms with Crippen LogP contribution in [-0.4, -0.2) is 70.9 Å². The molecule has 2 amide bonds. The van der Waals surface area contributed by atoms with Gasteiger partial charge >= 0.3 is 7.05 Å². The van der Waals surface area contributed by atoms with E-state index in [4.69, 9.17) is 11.6 Å². The third kappa shape index (κ3) is 8.47. The molecule has 0 saturated carbocycles. The molecule has 3 aromatic rings. The summed E-state index contributed by atoms with van der Waals surface area (Å²) in [6.07, 6.45) is 4.63. The SMILES string of the molecule is CB(O)Nc1cc(CN2CCC(C(=O)N3CCC(Nc4ccc(Cl)cc4NC(=O)c4c(F)cc(F)cc4F)CC3)CC2)ccn1. The van der Waals surface area contributed by atoms with Gasteiger partial charge in [0.15, 0.2) is 0 Å². The number of hydrogen-bond donors (Lipinski definition) is 4. The van der Waals surface area contributed by atoms with Crippen molar-refractivity contribution in [2.45, 2.75) is 45.1 Å². The van der Waals surface area contributed by atoms with E-state index in [2.05, 4.69) is 25.7 Å². The van der Waals surface area contributed by atoms with E-state index in [-0.39, 0.29) is 23.6 Å². The minimum absolute atomic E-state index is 0.0133. The molecule has 0 spiro atoms. The molecule has 3 heterocycles. The van der Waals surface area contributed by atoms with Gasteiger partial charge in [-0.15, -0.1) is 0 Å². The molecule has 0 aliphatic carbocycles. The summed E-state index contributed by atoms with van der Waals surface area (Å²) < 4.78 is 41.7. The van der Waals surface area contributed by atoms with Crippen molar-refractivity contribution in [2.24, 2.45) is 5.92 Å². The van der Waals surface area contributed by atoms with E-state index in [1.807, 2.05) is 17.0 Å². The first-order valence-corrected chi connectivity index (χ1v) is 15.4. The van der Waals surface area contributed by atoms with E-state index >= 15 is 0 Å². The van der Waals surface area contributed by atoms with Crippen molar-refractivity contribution in [3.8, 4) is 0 Å². The lowest BCUT2D eigenvalue weighted by atomic mass is 9.89. The third-order valence-corrected chi connectivity index (χ3v) is 8.39. The lowest BCUT2D eigenvalue weighted by molar-refractivity contribution is -0.138. The van der Waals surface area contributed by atoms with Crippen LogP contribution >= 0.6 is 11.6 Å². The number of nitrogens with zero attached hydrogens (tertiary/aromatic N) is 3. The first-order valence-electron chi connectivity index (χ1n) is 15.0. The Labute approximate surface area is 265 Å². The minimum Gasteiger partial charge on any atom is -0.433 e. The summed E-state index contributed by atoms with van der Waals surface area (Å²) in [6.45, 7) is 5.16. The second-order valence-electron chi connectivity index (χ2n) is 11.6. The number of aromatic nitrogens is 1. The first kappa shape index (κ1) is 32.6. The third-order valence-electron chi connectivity index (χ3n) is 8.15. The Bertz CT molecular complexity index is 1510. The fourth-order valence-corrected chi connectivity index (χ4v) is 6.05. The second kappa shape index (κ2) is 14.5. The average Bonchev–Trinajstić information content (AvgIpc) is 2.98. The van der Waals surface area contributed by atoms with Crippen LogP contribution in [0.5, 0.6) is 0 Å². The molecule has 0 unspecified atom stereocenters. The summed E-state index contributed by atoms with van der Waals surface area (Å²) in [5.74, 6) is -4.04. The molecule has 2 saturated heterocycles. The Morgan fingerprint density at radius 3 is 2.33 bits per heavy atom. The summed E-state index contributed by atoms with van der Waals surface area (Å²) >= 11 is 6.13. The van der Waals surface area contributed by atoms with Gasteiger partial charge in [0, 0.05) is 54.9 Å². The average molecular weight is 643 g/mol. The molecule has 1 aromatic heterocycles. The van der Waals surface area contributed by atoms with Gasteiger partial charge in [-0.25, -0.2) is 18.2 Å². The molecule has 2 aromatic carbocycles. The molecule has 4 N–H and O–H groups in total. The molecule has 14 heteroatoms. The lowest BCUT2D eigenvalue weighted by Crippen LogP contribution is -2.47.